The number of rotatable bonds is 7. The van der Waals surface area contributed by atoms with E-state index in [1.165, 1.54) is 0 Å². The summed E-state index contributed by atoms with van der Waals surface area (Å²) in [6.45, 7) is 6.50. The van der Waals surface area contributed by atoms with E-state index in [0.717, 1.165) is 18.3 Å². The third-order valence-corrected chi connectivity index (χ3v) is 3.53. The first-order valence-corrected chi connectivity index (χ1v) is 7.25. The number of ether oxygens (including phenoxy) is 1. The highest BCUT2D eigenvalue weighted by Gasteiger charge is 2.20. The van der Waals surface area contributed by atoms with Crippen LogP contribution in [0.3, 0.4) is 0 Å². The van der Waals surface area contributed by atoms with E-state index < -0.39 is 0 Å². The van der Waals surface area contributed by atoms with Crippen LogP contribution in [0.25, 0.3) is 0 Å². The summed E-state index contributed by atoms with van der Waals surface area (Å²) in [5.74, 6) is 1.68. The second-order valence-corrected chi connectivity index (χ2v) is 5.72. The first-order chi connectivity index (χ1) is 9.95. The fourth-order valence-electron chi connectivity index (χ4n) is 1.53. The van der Waals surface area contributed by atoms with Crippen molar-refractivity contribution in [3.63, 3.8) is 0 Å². The molecule has 0 radical (unpaired) electrons. The van der Waals surface area contributed by atoms with Crippen LogP contribution in [0.5, 0.6) is 5.75 Å². The standard InChI is InChI=1S/C16H28N4O/c1-16(2,20(4)5)13-19-15(17-3)18-11-12-21-14-9-7-6-8-10-14/h6-10H,11-13H2,1-5H3,(H2,17,18,19). The Hall–Kier alpha value is -1.75. The first kappa shape index (κ1) is 17.3. The van der Waals surface area contributed by atoms with E-state index in [4.69, 9.17) is 4.74 Å². The molecule has 0 unspecified atom stereocenters. The van der Waals surface area contributed by atoms with Crippen LogP contribution < -0.4 is 15.4 Å². The average Bonchev–Trinajstić information content (AvgIpc) is 2.47. The Labute approximate surface area is 128 Å². The average molecular weight is 292 g/mol. The van der Waals surface area contributed by atoms with Crippen LogP contribution in [0.15, 0.2) is 35.3 Å². The van der Waals surface area contributed by atoms with Crippen molar-refractivity contribution in [2.75, 3.05) is 40.8 Å². The van der Waals surface area contributed by atoms with E-state index in [0.29, 0.717) is 13.2 Å². The Bertz CT molecular complexity index is 429. The minimum Gasteiger partial charge on any atom is -0.492 e. The highest BCUT2D eigenvalue weighted by molar-refractivity contribution is 5.79. The van der Waals surface area contributed by atoms with Gasteiger partial charge in [0.15, 0.2) is 5.96 Å². The number of nitrogens with one attached hydrogen (secondary N) is 2. The molecule has 0 aliphatic heterocycles. The van der Waals surface area contributed by atoms with Crippen molar-refractivity contribution in [2.45, 2.75) is 19.4 Å². The number of benzene rings is 1. The zero-order chi connectivity index (χ0) is 15.7. The summed E-state index contributed by atoms with van der Waals surface area (Å²) in [7, 11) is 5.92. The van der Waals surface area contributed by atoms with Gasteiger partial charge in [-0.05, 0) is 40.1 Å². The van der Waals surface area contributed by atoms with Crippen LogP contribution in [-0.2, 0) is 0 Å². The van der Waals surface area contributed by atoms with Crippen molar-refractivity contribution in [2.24, 2.45) is 4.99 Å². The number of likely N-dealkylation sites (N-methyl/N-ethyl adjacent to an activating group) is 1. The van der Waals surface area contributed by atoms with Gasteiger partial charge >= 0.3 is 0 Å². The lowest BCUT2D eigenvalue weighted by molar-refractivity contribution is 0.197. The second-order valence-electron chi connectivity index (χ2n) is 5.72. The molecule has 1 aromatic carbocycles. The Morgan fingerprint density at radius 1 is 1.19 bits per heavy atom. The van der Waals surface area contributed by atoms with Gasteiger partial charge in [-0.3, -0.25) is 4.99 Å². The van der Waals surface area contributed by atoms with Gasteiger partial charge in [0.25, 0.3) is 0 Å². The fourth-order valence-corrected chi connectivity index (χ4v) is 1.53. The molecular formula is C16H28N4O. The zero-order valence-electron chi connectivity index (χ0n) is 13.8. The van der Waals surface area contributed by atoms with Crippen LogP contribution in [0.1, 0.15) is 13.8 Å². The van der Waals surface area contributed by atoms with Crippen molar-refractivity contribution in [1.82, 2.24) is 15.5 Å². The van der Waals surface area contributed by atoms with Crippen LogP contribution >= 0.6 is 0 Å². The molecule has 21 heavy (non-hydrogen) atoms. The summed E-state index contributed by atoms with van der Waals surface area (Å²) in [6, 6.07) is 9.81. The lowest BCUT2D eigenvalue weighted by Crippen LogP contribution is -2.51. The highest BCUT2D eigenvalue weighted by Crippen LogP contribution is 2.08. The molecule has 0 fully saturated rings. The number of para-hydroxylation sites is 1. The second kappa shape index (κ2) is 8.52. The Kier molecular flexibility index (Phi) is 7.02. The summed E-state index contributed by atoms with van der Waals surface area (Å²) in [5, 5.41) is 6.58. The summed E-state index contributed by atoms with van der Waals surface area (Å²) in [6.07, 6.45) is 0. The molecule has 0 atom stereocenters. The summed E-state index contributed by atoms with van der Waals surface area (Å²) in [4.78, 5) is 6.40. The van der Waals surface area contributed by atoms with Gasteiger partial charge < -0.3 is 20.3 Å². The maximum atomic E-state index is 5.63. The molecule has 0 heterocycles. The molecule has 0 amide bonds. The van der Waals surface area contributed by atoms with Gasteiger partial charge in [-0.25, -0.2) is 0 Å². The van der Waals surface area contributed by atoms with Gasteiger partial charge in [0.05, 0.1) is 6.54 Å². The monoisotopic (exact) mass is 292 g/mol. The van der Waals surface area contributed by atoms with Gasteiger partial charge in [0.2, 0.25) is 0 Å². The first-order valence-electron chi connectivity index (χ1n) is 7.25. The lowest BCUT2D eigenvalue weighted by Gasteiger charge is -2.33. The molecule has 1 rings (SSSR count). The maximum Gasteiger partial charge on any atom is 0.191 e. The minimum absolute atomic E-state index is 0.0676. The minimum atomic E-state index is 0.0676. The van der Waals surface area contributed by atoms with Gasteiger partial charge in [-0.15, -0.1) is 0 Å². The molecule has 0 saturated carbocycles. The van der Waals surface area contributed by atoms with Crippen LogP contribution in [0, 0.1) is 0 Å². The predicted molar refractivity (Wildman–Crippen MR) is 89.1 cm³/mol. The Morgan fingerprint density at radius 3 is 2.43 bits per heavy atom. The normalized spacial score (nSPS) is 12.4. The van der Waals surface area contributed by atoms with Gasteiger partial charge in [-0.1, -0.05) is 18.2 Å². The molecule has 0 aromatic heterocycles. The molecule has 0 aliphatic rings. The van der Waals surface area contributed by atoms with Gasteiger partial charge in [-0.2, -0.15) is 0 Å². The summed E-state index contributed by atoms with van der Waals surface area (Å²) in [5.41, 5.74) is 0.0676. The molecular weight excluding hydrogens is 264 g/mol. The van der Waals surface area contributed by atoms with Crippen LogP contribution in [0.4, 0.5) is 0 Å². The predicted octanol–water partition coefficient (Wildman–Crippen LogP) is 1.57. The third-order valence-electron chi connectivity index (χ3n) is 3.53. The molecule has 2 N–H and O–H groups in total. The van der Waals surface area contributed by atoms with Crippen molar-refractivity contribution in [1.29, 1.82) is 0 Å². The number of hydrogen-bond donors (Lipinski definition) is 2. The molecule has 1 aromatic rings. The third kappa shape index (κ3) is 6.49. The smallest absolute Gasteiger partial charge is 0.191 e. The van der Waals surface area contributed by atoms with Crippen molar-refractivity contribution in [3.05, 3.63) is 30.3 Å². The quantitative estimate of drug-likeness (QED) is 0.455. The maximum absolute atomic E-state index is 5.63. The highest BCUT2D eigenvalue weighted by atomic mass is 16.5. The molecule has 0 bridgehead atoms. The number of nitrogens with zero attached hydrogens (tertiary/aromatic N) is 2. The molecule has 0 spiro atoms. The summed E-state index contributed by atoms with van der Waals surface area (Å²) >= 11 is 0. The van der Waals surface area contributed by atoms with E-state index in [2.05, 4.69) is 48.5 Å². The van der Waals surface area contributed by atoms with Crippen molar-refractivity contribution in [3.8, 4) is 5.75 Å². The Balaban J connectivity index is 2.26. The molecule has 5 heteroatoms. The SMILES string of the molecule is CN=C(NCCOc1ccccc1)NCC(C)(C)N(C)C. The van der Waals surface area contributed by atoms with Crippen molar-refractivity contribution >= 4 is 5.96 Å². The van der Waals surface area contributed by atoms with Gasteiger partial charge in [0, 0.05) is 19.1 Å². The van der Waals surface area contributed by atoms with E-state index in [-0.39, 0.29) is 5.54 Å². The van der Waals surface area contributed by atoms with E-state index in [1.807, 2.05) is 30.3 Å². The van der Waals surface area contributed by atoms with Gasteiger partial charge in [0.1, 0.15) is 12.4 Å². The number of hydrogen-bond acceptors (Lipinski definition) is 3. The number of aliphatic imine (C=N–C) groups is 1. The van der Waals surface area contributed by atoms with E-state index in [1.54, 1.807) is 7.05 Å². The summed E-state index contributed by atoms with van der Waals surface area (Å²) < 4.78 is 5.63. The van der Waals surface area contributed by atoms with Crippen molar-refractivity contribution < 1.29 is 4.74 Å². The Morgan fingerprint density at radius 2 is 1.86 bits per heavy atom. The molecule has 118 valence electrons. The largest absolute Gasteiger partial charge is 0.492 e. The zero-order valence-corrected chi connectivity index (χ0v) is 13.8. The lowest BCUT2D eigenvalue weighted by atomic mass is 10.0. The van der Waals surface area contributed by atoms with Crippen LogP contribution in [0.2, 0.25) is 0 Å². The molecule has 0 aliphatic carbocycles. The molecule has 0 saturated heterocycles. The fraction of sp³-hybridized carbons (Fsp3) is 0.562. The van der Waals surface area contributed by atoms with Crippen LogP contribution in [-0.4, -0.2) is 57.2 Å². The number of guanidine groups is 1. The van der Waals surface area contributed by atoms with E-state index >= 15 is 0 Å². The topological polar surface area (TPSA) is 48.9 Å². The van der Waals surface area contributed by atoms with E-state index in [9.17, 15) is 0 Å². The molecule has 5 nitrogen and oxygen atoms in total.